The molecule has 1 rings (SSSR count). The van der Waals surface area contributed by atoms with Crippen molar-refractivity contribution in [3.05, 3.63) is 34.9 Å². The molecule has 0 saturated heterocycles. The van der Waals surface area contributed by atoms with Crippen molar-refractivity contribution < 1.29 is 17.6 Å². The molecule has 0 aliphatic carbocycles. The van der Waals surface area contributed by atoms with E-state index in [-0.39, 0.29) is 17.9 Å². The van der Waals surface area contributed by atoms with Gasteiger partial charge in [0.05, 0.1) is 0 Å². The fraction of sp³-hybridized carbons (Fsp3) is 0.500. The number of benzene rings is 1. The van der Waals surface area contributed by atoms with E-state index < -0.39 is 23.3 Å². The molecular formula is C12H13F4. The Bertz CT molecular complexity index is 374. The first-order valence-electron chi connectivity index (χ1n) is 5.21. The summed E-state index contributed by atoms with van der Waals surface area (Å²) in [6.07, 6.45) is 1.87. The Kier molecular flexibility index (Phi) is 4.33. The quantitative estimate of drug-likeness (QED) is 0.418. The Morgan fingerprint density at radius 2 is 1.69 bits per heavy atom. The fourth-order valence-electron chi connectivity index (χ4n) is 1.65. The van der Waals surface area contributed by atoms with Crippen molar-refractivity contribution >= 4 is 0 Å². The molecule has 0 N–H and O–H groups in total. The van der Waals surface area contributed by atoms with Crippen LogP contribution in [0.2, 0.25) is 0 Å². The van der Waals surface area contributed by atoms with Crippen LogP contribution in [0.1, 0.15) is 32.3 Å². The summed E-state index contributed by atoms with van der Waals surface area (Å²) in [7, 11) is 0. The molecule has 1 aromatic carbocycles. The summed E-state index contributed by atoms with van der Waals surface area (Å²) in [5.41, 5.74) is -0.225. The van der Waals surface area contributed by atoms with Crippen LogP contribution >= 0.6 is 0 Å². The molecule has 0 fully saturated rings. The average molecular weight is 233 g/mol. The molecule has 0 amide bonds. The van der Waals surface area contributed by atoms with Gasteiger partial charge in [-0.3, -0.25) is 0 Å². The minimum Gasteiger partial charge on any atom is -0.203 e. The monoisotopic (exact) mass is 233 g/mol. The number of hydrogen-bond donors (Lipinski definition) is 0. The lowest BCUT2D eigenvalue weighted by Gasteiger charge is -2.11. The van der Waals surface area contributed by atoms with Crippen molar-refractivity contribution in [3.63, 3.8) is 0 Å². The van der Waals surface area contributed by atoms with Gasteiger partial charge in [-0.05, 0) is 12.3 Å². The molecule has 0 heterocycles. The lowest BCUT2D eigenvalue weighted by molar-refractivity contribution is 0.396. The van der Waals surface area contributed by atoms with Gasteiger partial charge in [-0.2, -0.15) is 0 Å². The predicted octanol–water partition coefficient (Wildman–Crippen LogP) is 4.02. The zero-order chi connectivity index (χ0) is 12.3. The van der Waals surface area contributed by atoms with Crippen LogP contribution in [0, 0.1) is 35.3 Å². The highest BCUT2D eigenvalue weighted by Gasteiger charge is 2.20. The van der Waals surface area contributed by atoms with E-state index in [1.54, 1.807) is 0 Å². The van der Waals surface area contributed by atoms with Gasteiger partial charge in [0.1, 0.15) is 0 Å². The van der Waals surface area contributed by atoms with Gasteiger partial charge in [-0.1, -0.05) is 26.7 Å². The molecule has 4 heteroatoms. The van der Waals surface area contributed by atoms with Crippen LogP contribution in [0.4, 0.5) is 17.6 Å². The van der Waals surface area contributed by atoms with Gasteiger partial charge in [0.15, 0.2) is 23.3 Å². The van der Waals surface area contributed by atoms with Crippen molar-refractivity contribution in [1.82, 2.24) is 0 Å². The summed E-state index contributed by atoms with van der Waals surface area (Å²) in [6, 6.07) is 1.92. The molecule has 1 aromatic rings. The molecule has 1 atom stereocenters. The highest BCUT2D eigenvalue weighted by molar-refractivity contribution is 5.20. The van der Waals surface area contributed by atoms with Crippen LogP contribution in [0.5, 0.6) is 0 Å². The van der Waals surface area contributed by atoms with Gasteiger partial charge in [0.25, 0.3) is 0 Å². The third-order valence-electron chi connectivity index (χ3n) is 2.44. The molecule has 1 radical (unpaired) electrons. The van der Waals surface area contributed by atoms with Crippen molar-refractivity contribution in [2.75, 3.05) is 0 Å². The van der Waals surface area contributed by atoms with Crippen molar-refractivity contribution in [2.24, 2.45) is 5.92 Å². The highest BCUT2D eigenvalue weighted by Crippen LogP contribution is 2.21. The zero-order valence-corrected chi connectivity index (χ0v) is 9.21. The predicted molar refractivity (Wildman–Crippen MR) is 52.9 cm³/mol. The lowest BCUT2D eigenvalue weighted by Crippen LogP contribution is -2.06. The van der Waals surface area contributed by atoms with Crippen LogP contribution in [-0.4, -0.2) is 0 Å². The van der Waals surface area contributed by atoms with Crippen LogP contribution in [0.15, 0.2) is 0 Å². The van der Waals surface area contributed by atoms with E-state index in [4.69, 9.17) is 0 Å². The van der Waals surface area contributed by atoms with E-state index in [0.717, 1.165) is 12.8 Å². The molecule has 0 spiro atoms. The average Bonchev–Trinajstić information content (AvgIpc) is 2.23. The van der Waals surface area contributed by atoms with Gasteiger partial charge in [0.2, 0.25) is 0 Å². The largest absolute Gasteiger partial charge is 0.203 e. The Morgan fingerprint density at radius 3 is 2.25 bits per heavy atom. The third kappa shape index (κ3) is 2.74. The maximum absolute atomic E-state index is 13.2. The van der Waals surface area contributed by atoms with Gasteiger partial charge in [0, 0.05) is 11.6 Å². The molecule has 0 aliphatic heterocycles. The molecule has 89 valence electrons. The SMILES string of the molecule is CCCC(C)Cc1[c]c(F)c(F)c(F)c1F. The molecule has 16 heavy (non-hydrogen) atoms. The molecule has 0 nitrogen and oxygen atoms in total. The van der Waals surface area contributed by atoms with E-state index in [0.29, 0.717) is 0 Å². The second-order valence-electron chi connectivity index (χ2n) is 3.96. The van der Waals surface area contributed by atoms with Gasteiger partial charge < -0.3 is 0 Å². The van der Waals surface area contributed by atoms with Crippen LogP contribution < -0.4 is 0 Å². The van der Waals surface area contributed by atoms with Crippen LogP contribution in [0.25, 0.3) is 0 Å². The van der Waals surface area contributed by atoms with Gasteiger partial charge in [-0.15, -0.1) is 0 Å². The van der Waals surface area contributed by atoms with E-state index >= 15 is 0 Å². The Morgan fingerprint density at radius 1 is 1.06 bits per heavy atom. The lowest BCUT2D eigenvalue weighted by atomic mass is 9.96. The minimum absolute atomic E-state index is 0.0833. The smallest absolute Gasteiger partial charge is 0.198 e. The number of hydrogen-bond acceptors (Lipinski definition) is 0. The minimum atomic E-state index is -1.80. The molecular weight excluding hydrogens is 220 g/mol. The molecule has 0 aliphatic rings. The normalized spacial score (nSPS) is 12.9. The topological polar surface area (TPSA) is 0 Å². The summed E-state index contributed by atoms with van der Waals surface area (Å²) in [5.74, 6) is -6.26. The first-order chi connectivity index (χ1) is 7.47. The molecule has 1 unspecified atom stereocenters. The van der Waals surface area contributed by atoms with E-state index in [1.165, 1.54) is 0 Å². The first-order valence-corrected chi connectivity index (χ1v) is 5.21. The zero-order valence-electron chi connectivity index (χ0n) is 9.21. The maximum Gasteiger partial charge on any atom is 0.198 e. The summed E-state index contributed by atoms with van der Waals surface area (Å²) in [5, 5.41) is 0. The van der Waals surface area contributed by atoms with E-state index in [9.17, 15) is 17.6 Å². The standard InChI is InChI=1S/C12H13F4/c1-3-4-7(2)5-8-6-9(13)11(15)12(16)10(8)14/h7H,3-5H2,1-2H3. The van der Waals surface area contributed by atoms with Crippen molar-refractivity contribution in [1.29, 1.82) is 0 Å². The second-order valence-corrected chi connectivity index (χ2v) is 3.96. The van der Waals surface area contributed by atoms with Gasteiger partial charge in [-0.25, -0.2) is 17.6 Å². The van der Waals surface area contributed by atoms with Crippen LogP contribution in [-0.2, 0) is 6.42 Å². The van der Waals surface area contributed by atoms with Crippen LogP contribution in [0.3, 0.4) is 0 Å². The van der Waals surface area contributed by atoms with E-state index in [2.05, 4.69) is 0 Å². The Labute approximate surface area is 92.3 Å². The maximum atomic E-state index is 13.2. The van der Waals surface area contributed by atoms with E-state index in [1.807, 2.05) is 19.9 Å². The molecule has 0 aromatic heterocycles. The summed E-state index contributed by atoms with van der Waals surface area (Å²) >= 11 is 0. The van der Waals surface area contributed by atoms with Gasteiger partial charge >= 0.3 is 0 Å². The Hall–Kier alpha value is -1.06. The molecule has 0 bridgehead atoms. The fourth-order valence-corrected chi connectivity index (χ4v) is 1.65. The Balaban J connectivity index is 2.97. The molecule has 0 saturated carbocycles. The first kappa shape index (κ1) is 13.0. The summed E-state index contributed by atoms with van der Waals surface area (Å²) < 4.78 is 51.6. The summed E-state index contributed by atoms with van der Waals surface area (Å²) in [4.78, 5) is 0. The van der Waals surface area contributed by atoms with Crippen molar-refractivity contribution in [2.45, 2.75) is 33.1 Å². The number of halogens is 4. The number of rotatable bonds is 4. The third-order valence-corrected chi connectivity index (χ3v) is 2.44. The second kappa shape index (κ2) is 5.32. The summed E-state index contributed by atoms with van der Waals surface area (Å²) in [6.45, 7) is 3.80. The highest BCUT2D eigenvalue weighted by atomic mass is 19.2. The van der Waals surface area contributed by atoms with Crippen molar-refractivity contribution in [3.8, 4) is 0 Å².